The molecule has 0 radical (unpaired) electrons. The Kier molecular flexibility index (Phi) is 10.3. The third-order valence-corrected chi connectivity index (χ3v) is 9.18. The normalized spacial score (nSPS) is 11.2. The van der Waals surface area contributed by atoms with Crippen LogP contribution >= 0.6 is 22.7 Å². The molecule has 0 fully saturated rings. The number of ether oxygens (including phenoxy) is 2. The van der Waals surface area contributed by atoms with Crippen LogP contribution in [-0.4, -0.2) is 66.4 Å². The van der Waals surface area contributed by atoms with Crippen LogP contribution in [0, 0.1) is 0 Å². The van der Waals surface area contributed by atoms with Crippen molar-refractivity contribution in [1.29, 1.82) is 0 Å². The molecule has 0 saturated carbocycles. The zero-order chi connectivity index (χ0) is 29.2. The van der Waals surface area contributed by atoms with Gasteiger partial charge in [0.15, 0.2) is 9.84 Å². The fourth-order valence-electron chi connectivity index (χ4n) is 3.58. The summed E-state index contributed by atoms with van der Waals surface area (Å²) in [6.45, 7) is 0. The molecule has 0 unspecified atom stereocenters. The molecule has 0 spiro atoms. The van der Waals surface area contributed by atoms with Gasteiger partial charge in [0, 0.05) is 12.8 Å². The lowest BCUT2D eigenvalue weighted by Crippen LogP contribution is -2.14. The molecule has 0 aliphatic carbocycles. The minimum Gasteiger partial charge on any atom is -0.497 e. The maximum atomic E-state index is 12.6. The number of anilines is 2. The zero-order valence-corrected chi connectivity index (χ0v) is 24.8. The molecule has 0 bridgehead atoms. The second kappa shape index (κ2) is 14.1. The number of hydrogen-bond donors (Lipinski definition) is 2. The van der Waals surface area contributed by atoms with Gasteiger partial charge in [0.2, 0.25) is 22.1 Å². The van der Waals surface area contributed by atoms with E-state index >= 15 is 0 Å². The van der Waals surface area contributed by atoms with Gasteiger partial charge in [-0.15, -0.1) is 20.4 Å². The lowest BCUT2D eigenvalue weighted by Gasteiger charge is -2.03. The number of benzene rings is 2. The van der Waals surface area contributed by atoms with Crippen LogP contribution in [0.5, 0.6) is 11.5 Å². The number of hydrogen-bond acceptors (Lipinski definition) is 12. The van der Waals surface area contributed by atoms with E-state index in [0.717, 1.165) is 33.8 Å². The first-order chi connectivity index (χ1) is 19.7. The number of methoxy groups -OCH3 is 2. The van der Waals surface area contributed by atoms with Gasteiger partial charge in [0.05, 0.1) is 38.6 Å². The van der Waals surface area contributed by atoms with E-state index in [1.165, 1.54) is 0 Å². The van der Waals surface area contributed by atoms with Gasteiger partial charge in [0.25, 0.3) is 0 Å². The van der Waals surface area contributed by atoms with Crippen molar-refractivity contribution in [2.75, 3.05) is 36.4 Å². The van der Waals surface area contributed by atoms with E-state index in [1.807, 2.05) is 0 Å². The highest BCUT2D eigenvalue weighted by molar-refractivity contribution is 7.91. The molecule has 2 aromatic heterocycles. The predicted octanol–water partition coefficient (Wildman–Crippen LogP) is 2.97. The van der Waals surface area contributed by atoms with Crippen molar-refractivity contribution in [2.45, 2.75) is 25.7 Å². The molecule has 0 aliphatic heterocycles. The fourth-order valence-corrected chi connectivity index (χ4v) is 6.56. The van der Waals surface area contributed by atoms with Crippen molar-refractivity contribution in [3.8, 4) is 11.5 Å². The predicted molar refractivity (Wildman–Crippen MR) is 157 cm³/mol. The number of nitrogens with one attached hydrogen (secondary N) is 2. The van der Waals surface area contributed by atoms with Crippen molar-refractivity contribution >= 4 is 54.6 Å². The van der Waals surface area contributed by atoms with Crippen LogP contribution in [0.1, 0.15) is 21.1 Å². The van der Waals surface area contributed by atoms with E-state index in [1.54, 1.807) is 62.8 Å². The number of aromatic nitrogens is 4. The van der Waals surface area contributed by atoms with Gasteiger partial charge in [-0.3, -0.25) is 9.59 Å². The number of carbonyl (C=O) groups excluding carboxylic acids is 2. The van der Waals surface area contributed by atoms with E-state index in [-0.39, 0.29) is 49.0 Å². The molecule has 2 aromatic carbocycles. The van der Waals surface area contributed by atoms with Gasteiger partial charge in [-0.1, -0.05) is 46.9 Å². The number of rotatable bonds is 14. The van der Waals surface area contributed by atoms with Crippen molar-refractivity contribution in [3.63, 3.8) is 0 Å². The van der Waals surface area contributed by atoms with E-state index in [2.05, 4.69) is 31.0 Å². The highest BCUT2D eigenvalue weighted by atomic mass is 32.2. The van der Waals surface area contributed by atoms with Gasteiger partial charge in [0.1, 0.15) is 21.5 Å². The quantitative estimate of drug-likeness (QED) is 0.215. The first-order valence-electron chi connectivity index (χ1n) is 12.4. The van der Waals surface area contributed by atoms with Gasteiger partial charge in [-0.2, -0.15) is 0 Å². The molecule has 0 atom stereocenters. The SMILES string of the molecule is COc1ccc(CC(=O)Nc2nnc(CCS(=O)(=O)CCc3nnc(NC(=O)Cc4ccc(OC)cc4)s3)s2)cc1. The minimum atomic E-state index is -3.42. The molecular weight excluding hydrogens is 589 g/mol. The Bertz CT molecular complexity index is 1460. The summed E-state index contributed by atoms with van der Waals surface area (Å²) in [4.78, 5) is 24.6. The fraction of sp³-hybridized carbons (Fsp3) is 0.308. The summed E-state index contributed by atoms with van der Waals surface area (Å²) in [5.41, 5.74) is 1.63. The Labute approximate surface area is 245 Å². The van der Waals surface area contributed by atoms with Gasteiger partial charge in [-0.25, -0.2) is 8.42 Å². The van der Waals surface area contributed by atoms with Crippen molar-refractivity contribution in [2.24, 2.45) is 0 Å². The van der Waals surface area contributed by atoms with Crippen LogP contribution in [0.3, 0.4) is 0 Å². The van der Waals surface area contributed by atoms with E-state index in [4.69, 9.17) is 9.47 Å². The molecule has 2 amide bonds. The molecule has 2 N–H and O–H groups in total. The van der Waals surface area contributed by atoms with Crippen LogP contribution in [0.2, 0.25) is 0 Å². The number of nitrogens with zero attached hydrogens (tertiary/aromatic N) is 4. The molecule has 4 rings (SSSR count). The monoisotopic (exact) mass is 616 g/mol. The van der Waals surface area contributed by atoms with Crippen LogP contribution in [0.15, 0.2) is 48.5 Å². The number of sulfone groups is 1. The molecule has 4 aromatic rings. The highest BCUT2D eigenvalue weighted by Crippen LogP contribution is 2.20. The lowest BCUT2D eigenvalue weighted by atomic mass is 10.1. The first-order valence-corrected chi connectivity index (χ1v) is 15.9. The molecular formula is C26H28N6O6S3. The summed E-state index contributed by atoms with van der Waals surface area (Å²) >= 11 is 2.28. The van der Waals surface area contributed by atoms with Crippen LogP contribution < -0.4 is 20.1 Å². The maximum Gasteiger partial charge on any atom is 0.230 e. The van der Waals surface area contributed by atoms with E-state index < -0.39 is 9.84 Å². The molecule has 15 heteroatoms. The maximum absolute atomic E-state index is 12.6. The van der Waals surface area contributed by atoms with E-state index in [9.17, 15) is 18.0 Å². The Hall–Kier alpha value is -3.95. The third kappa shape index (κ3) is 9.58. The number of aryl methyl sites for hydroxylation is 2. The van der Waals surface area contributed by atoms with Gasteiger partial charge >= 0.3 is 0 Å². The Morgan fingerprint density at radius 3 is 1.44 bits per heavy atom. The third-order valence-electron chi connectivity index (χ3n) is 5.73. The number of amides is 2. The second-order valence-corrected chi connectivity index (χ2v) is 13.2. The average molecular weight is 617 g/mol. The molecule has 0 aliphatic rings. The van der Waals surface area contributed by atoms with Crippen molar-refractivity contribution in [3.05, 3.63) is 69.7 Å². The average Bonchev–Trinajstić information content (AvgIpc) is 3.61. The summed E-state index contributed by atoms with van der Waals surface area (Å²) < 4.78 is 35.4. The topological polar surface area (TPSA) is 162 Å². The first kappa shape index (κ1) is 30.0. The lowest BCUT2D eigenvalue weighted by molar-refractivity contribution is -0.116. The largest absolute Gasteiger partial charge is 0.497 e. The van der Waals surface area contributed by atoms with Crippen LogP contribution in [-0.2, 0) is 45.1 Å². The Balaban J connectivity index is 1.19. The zero-order valence-electron chi connectivity index (χ0n) is 22.3. The van der Waals surface area contributed by atoms with Crippen LogP contribution in [0.25, 0.3) is 0 Å². The summed E-state index contributed by atoms with van der Waals surface area (Å²) in [6, 6.07) is 14.3. The van der Waals surface area contributed by atoms with Crippen molar-refractivity contribution in [1.82, 2.24) is 20.4 Å². The molecule has 216 valence electrons. The highest BCUT2D eigenvalue weighted by Gasteiger charge is 2.17. The van der Waals surface area contributed by atoms with E-state index in [0.29, 0.717) is 31.8 Å². The summed E-state index contributed by atoms with van der Waals surface area (Å²) in [5.74, 6) is 0.669. The molecule has 0 saturated heterocycles. The summed E-state index contributed by atoms with van der Waals surface area (Å²) in [5, 5.41) is 22.9. The van der Waals surface area contributed by atoms with Gasteiger partial charge in [-0.05, 0) is 35.4 Å². The Morgan fingerprint density at radius 1 is 0.683 bits per heavy atom. The molecule has 2 heterocycles. The number of carbonyl (C=O) groups is 2. The minimum absolute atomic E-state index is 0.119. The smallest absolute Gasteiger partial charge is 0.230 e. The summed E-state index contributed by atoms with van der Waals surface area (Å²) in [7, 11) is -0.270. The van der Waals surface area contributed by atoms with Gasteiger partial charge < -0.3 is 20.1 Å². The standard InChI is InChI=1S/C26H28N6O6S3/c1-37-19-7-3-17(4-8-19)15-21(33)27-25-31-29-23(39-25)11-13-41(35,36)14-12-24-30-32-26(40-24)28-22(34)16-18-5-9-20(38-2)10-6-18/h3-10H,11-16H2,1-2H3,(H,27,31,33)(H,28,32,34). The molecule has 41 heavy (non-hydrogen) atoms. The van der Waals surface area contributed by atoms with Crippen LogP contribution in [0.4, 0.5) is 10.3 Å². The van der Waals surface area contributed by atoms with Crippen molar-refractivity contribution < 1.29 is 27.5 Å². The second-order valence-electron chi connectivity index (χ2n) is 8.80. The summed E-state index contributed by atoms with van der Waals surface area (Å²) in [6.07, 6.45) is 0.675. The Morgan fingerprint density at radius 2 is 1.07 bits per heavy atom. The molecule has 12 nitrogen and oxygen atoms in total.